The number of hydrogen-bond donors (Lipinski definition) is 1. The van der Waals surface area contributed by atoms with Gasteiger partial charge in [-0.15, -0.1) is 0 Å². The first-order valence-electron chi connectivity index (χ1n) is 9.14. The van der Waals surface area contributed by atoms with E-state index in [1.807, 2.05) is 19.9 Å². The van der Waals surface area contributed by atoms with Gasteiger partial charge in [0.25, 0.3) is 5.91 Å². The molecule has 0 spiro atoms. The molecular weight excluding hydrogens is 304 g/mol. The van der Waals surface area contributed by atoms with E-state index >= 15 is 0 Å². The summed E-state index contributed by atoms with van der Waals surface area (Å²) in [6.07, 6.45) is 6.74. The highest BCUT2D eigenvalue weighted by molar-refractivity contribution is 5.96. The molecule has 2 heterocycles. The van der Waals surface area contributed by atoms with Gasteiger partial charge in [-0.2, -0.15) is 0 Å². The van der Waals surface area contributed by atoms with Crippen molar-refractivity contribution in [2.24, 2.45) is 5.92 Å². The molecule has 5 heteroatoms. The molecule has 0 aromatic carbocycles. The molecule has 0 radical (unpaired) electrons. The molecule has 1 N–H and O–H groups in total. The molecule has 1 aromatic rings. The SMILES string of the molecule is Cc1cc(C(=O)N2CCC(C(=O)O)C2C)c(C)n1C1CCCCC1. The second kappa shape index (κ2) is 6.61. The van der Waals surface area contributed by atoms with Gasteiger partial charge in [-0.05, 0) is 46.1 Å². The van der Waals surface area contributed by atoms with Gasteiger partial charge < -0.3 is 14.6 Å². The van der Waals surface area contributed by atoms with Crippen molar-refractivity contribution >= 4 is 11.9 Å². The quantitative estimate of drug-likeness (QED) is 0.921. The predicted molar refractivity (Wildman–Crippen MR) is 92.3 cm³/mol. The average Bonchev–Trinajstić information content (AvgIpc) is 3.08. The Labute approximate surface area is 143 Å². The zero-order chi connectivity index (χ0) is 17.4. The molecule has 5 nitrogen and oxygen atoms in total. The largest absolute Gasteiger partial charge is 0.481 e. The number of carbonyl (C=O) groups is 2. The van der Waals surface area contributed by atoms with Crippen LogP contribution in [0.3, 0.4) is 0 Å². The third-order valence-electron chi connectivity index (χ3n) is 5.99. The number of aliphatic carboxylic acids is 1. The number of carboxylic acid groups (broad SMARTS) is 1. The van der Waals surface area contributed by atoms with Crippen molar-refractivity contribution in [2.75, 3.05) is 6.54 Å². The Balaban J connectivity index is 1.85. The molecule has 0 bridgehead atoms. The van der Waals surface area contributed by atoms with E-state index in [9.17, 15) is 14.7 Å². The van der Waals surface area contributed by atoms with Crippen LogP contribution in [0.5, 0.6) is 0 Å². The Morgan fingerprint density at radius 2 is 1.79 bits per heavy atom. The second-order valence-corrected chi connectivity index (χ2v) is 7.42. The predicted octanol–water partition coefficient (Wildman–Crippen LogP) is 3.55. The molecule has 1 amide bonds. The number of likely N-dealkylation sites (tertiary alicyclic amines) is 1. The molecule has 2 fully saturated rings. The molecule has 1 aromatic heterocycles. The molecule has 1 saturated heterocycles. The normalized spacial score (nSPS) is 25.2. The third kappa shape index (κ3) is 2.85. The third-order valence-corrected chi connectivity index (χ3v) is 5.99. The maximum atomic E-state index is 13.0. The monoisotopic (exact) mass is 332 g/mol. The van der Waals surface area contributed by atoms with Crippen LogP contribution in [0.2, 0.25) is 0 Å². The van der Waals surface area contributed by atoms with Crippen LogP contribution in [0.25, 0.3) is 0 Å². The summed E-state index contributed by atoms with van der Waals surface area (Å²) >= 11 is 0. The molecule has 2 aliphatic rings. The fourth-order valence-corrected chi connectivity index (χ4v) is 4.61. The number of carboxylic acids is 1. The first-order valence-corrected chi connectivity index (χ1v) is 9.14. The minimum atomic E-state index is -0.800. The first-order chi connectivity index (χ1) is 11.4. The number of amides is 1. The van der Waals surface area contributed by atoms with E-state index in [1.165, 1.54) is 32.1 Å². The zero-order valence-corrected chi connectivity index (χ0v) is 14.9. The van der Waals surface area contributed by atoms with E-state index in [4.69, 9.17) is 0 Å². The van der Waals surface area contributed by atoms with Gasteiger partial charge in [0.15, 0.2) is 0 Å². The highest BCUT2D eigenvalue weighted by Crippen LogP contribution is 2.33. The van der Waals surface area contributed by atoms with Crippen LogP contribution < -0.4 is 0 Å². The van der Waals surface area contributed by atoms with Gasteiger partial charge in [-0.25, -0.2) is 0 Å². The summed E-state index contributed by atoms with van der Waals surface area (Å²) < 4.78 is 2.34. The van der Waals surface area contributed by atoms with Crippen LogP contribution >= 0.6 is 0 Å². The van der Waals surface area contributed by atoms with Crippen LogP contribution in [-0.4, -0.2) is 39.0 Å². The van der Waals surface area contributed by atoms with Crippen molar-refractivity contribution in [1.82, 2.24) is 9.47 Å². The van der Waals surface area contributed by atoms with Crippen LogP contribution in [-0.2, 0) is 4.79 Å². The number of nitrogens with zero attached hydrogens (tertiary/aromatic N) is 2. The van der Waals surface area contributed by atoms with E-state index in [0.29, 0.717) is 19.0 Å². The van der Waals surface area contributed by atoms with Gasteiger partial charge in [-0.1, -0.05) is 19.3 Å². The first kappa shape index (κ1) is 17.1. The van der Waals surface area contributed by atoms with Gasteiger partial charge >= 0.3 is 5.97 Å². The number of aryl methyl sites for hydroxylation is 1. The Hall–Kier alpha value is -1.78. The molecule has 1 saturated carbocycles. The lowest BCUT2D eigenvalue weighted by atomic mass is 9.95. The Morgan fingerprint density at radius 3 is 2.38 bits per heavy atom. The van der Waals surface area contributed by atoms with Crippen molar-refractivity contribution in [3.63, 3.8) is 0 Å². The van der Waals surface area contributed by atoms with Crippen molar-refractivity contribution in [1.29, 1.82) is 0 Å². The highest BCUT2D eigenvalue weighted by atomic mass is 16.4. The number of aromatic nitrogens is 1. The fraction of sp³-hybridized carbons (Fsp3) is 0.684. The Kier molecular flexibility index (Phi) is 4.70. The summed E-state index contributed by atoms with van der Waals surface area (Å²) in [5, 5.41) is 9.28. The maximum Gasteiger partial charge on any atom is 0.308 e. The molecular formula is C19H28N2O3. The Bertz CT molecular complexity index is 643. The summed E-state index contributed by atoms with van der Waals surface area (Å²) in [6.45, 7) is 6.49. The van der Waals surface area contributed by atoms with E-state index in [-0.39, 0.29) is 11.9 Å². The summed E-state index contributed by atoms with van der Waals surface area (Å²) in [5.41, 5.74) is 2.93. The summed E-state index contributed by atoms with van der Waals surface area (Å²) in [6, 6.07) is 2.25. The van der Waals surface area contributed by atoms with Crippen LogP contribution in [0.4, 0.5) is 0 Å². The van der Waals surface area contributed by atoms with Crippen molar-refractivity contribution in [3.8, 4) is 0 Å². The minimum absolute atomic E-state index is 0.0126. The van der Waals surface area contributed by atoms with Gasteiger partial charge in [0, 0.05) is 30.0 Å². The molecule has 2 atom stereocenters. The minimum Gasteiger partial charge on any atom is -0.481 e. The second-order valence-electron chi connectivity index (χ2n) is 7.42. The van der Waals surface area contributed by atoms with Crippen LogP contribution in [0.15, 0.2) is 6.07 Å². The molecule has 2 unspecified atom stereocenters. The van der Waals surface area contributed by atoms with Crippen LogP contribution in [0, 0.1) is 19.8 Å². The number of carbonyl (C=O) groups excluding carboxylic acids is 1. The molecule has 1 aliphatic heterocycles. The molecule has 1 aliphatic carbocycles. The lowest BCUT2D eigenvalue weighted by Crippen LogP contribution is -2.37. The maximum absolute atomic E-state index is 13.0. The van der Waals surface area contributed by atoms with Crippen molar-refractivity contribution in [2.45, 2.75) is 71.4 Å². The summed E-state index contributed by atoms with van der Waals surface area (Å²) in [5.74, 6) is -1.26. The number of rotatable bonds is 3. The lowest BCUT2D eigenvalue weighted by molar-refractivity contribution is -0.142. The molecule has 132 valence electrons. The van der Waals surface area contributed by atoms with Crippen molar-refractivity contribution < 1.29 is 14.7 Å². The lowest BCUT2D eigenvalue weighted by Gasteiger charge is -2.27. The fourth-order valence-electron chi connectivity index (χ4n) is 4.61. The highest BCUT2D eigenvalue weighted by Gasteiger charge is 2.39. The van der Waals surface area contributed by atoms with Gasteiger partial charge in [0.05, 0.1) is 11.5 Å². The van der Waals surface area contributed by atoms with Crippen LogP contribution in [0.1, 0.15) is 73.2 Å². The van der Waals surface area contributed by atoms with E-state index in [0.717, 1.165) is 17.0 Å². The van der Waals surface area contributed by atoms with E-state index in [1.54, 1.807) is 4.90 Å². The molecule has 24 heavy (non-hydrogen) atoms. The Morgan fingerprint density at radius 1 is 1.12 bits per heavy atom. The van der Waals surface area contributed by atoms with Gasteiger partial charge in [0.2, 0.25) is 0 Å². The standard InChI is InChI=1S/C19H28N2O3/c1-12-11-17(14(3)21(12)15-7-5-4-6-8-15)18(22)20-10-9-16(13(20)2)19(23)24/h11,13,15-16H,4-10H2,1-3H3,(H,23,24). The number of hydrogen-bond acceptors (Lipinski definition) is 2. The van der Waals surface area contributed by atoms with E-state index in [2.05, 4.69) is 11.5 Å². The van der Waals surface area contributed by atoms with Gasteiger partial charge in [-0.3, -0.25) is 9.59 Å². The summed E-state index contributed by atoms with van der Waals surface area (Å²) in [4.78, 5) is 26.1. The smallest absolute Gasteiger partial charge is 0.308 e. The molecule has 3 rings (SSSR count). The zero-order valence-electron chi connectivity index (χ0n) is 14.9. The van der Waals surface area contributed by atoms with Gasteiger partial charge in [0.1, 0.15) is 0 Å². The topological polar surface area (TPSA) is 62.5 Å². The average molecular weight is 332 g/mol. The van der Waals surface area contributed by atoms with E-state index < -0.39 is 11.9 Å². The van der Waals surface area contributed by atoms with Crippen molar-refractivity contribution in [3.05, 3.63) is 23.0 Å². The summed E-state index contributed by atoms with van der Waals surface area (Å²) in [7, 11) is 0.